The third-order valence-electron chi connectivity index (χ3n) is 1.97. The van der Waals surface area contributed by atoms with Crippen LogP contribution in [-0.4, -0.2) is 46.6 Å². The largest absolute Gasteiger partial charge is 0.479 e. The highest BCUT2D eigenvalue weighted by molar-refractivity contribution is 5.79. The van der Waals surface area contributed by atoms with Crippen LogP contribution in [0.25, 0.3) is 0 Å². The van der Waals surface area contributed by atoms with Crippen molar-refractivity contribution in [2.75, 3.05) is 6.54 Å². The normalized spacial score (nSPS) is 16.6. The van der Waals surface area contributed by atoms with E-state index >= 15 is 0 Å². The molecule has 6 nitrogen and oxygen atoms in total. The third-order valence-corrected chi connectivity index (χ3v) is 1.97. The minimum Gasteiger partial charge on any atom is -0.479 e. The van der Waals surface area contributed by atoms with E-state index in [-0.39, 0.29) is 0 Å². The van der Waals surface area contributed by atoms with Crippen molar-refractivity contribution >= 4 is 12.0 Å². The van der Waals surface area contributed by atoms with Crippen molar-refractivity contribution in [3.05, 3.63) is 0 Å². The first-order valence-electron chi connectivity index (χ1n) is 5.01. The topological polar surface area (TPSA) is 98.7 Å². The number of rotatable bonds is 5. The van der Waals surface area contributed by atoms with Gasteiger partial charge in [0.25, 0.3) is 0 Å². The lowest BCUT2D eigenvalue weighted by Gasteiger charge is -2.20. The number of carboxylic acid groups (broad SMARTS) is 1. The number of alkyl halides is 3. The third kappa shape index (κ3) is 6.94. The highest BCUT2D eigenvalue weighted by Gasteiger charge is 2.32. The van der Waals surface area contributed by atoms with E-state index in [9.17, 15) is 27.9 Å². The molecule has 0 aliphatic heterocycles. The van der Waals surface area contributed by atoms with Crippen molar-refractivity contribution in [3.8, 4) is 0 Å². The number of urea groups is 1. The second-order valence-corrected chi connectivity index (χ2v) is 4.13. The Morgan fingerprint density at radius 1 is 1.33 bits per heavy atom. The van der Waals surface area contributed by atoms with Gasteiger partial charge in [0.05, 0.1) is 13.0 Å². The summed E-state index contributed by atoms with van der Waals surface area (Å²) in [5.41, 5.74) is -2.18. The Kier molecular flexibility index (Phi) is 5.40. The van der Waals surface area contributed by atoms with Gasteiger partial charge in [0.15, 0.2) is 5.60 Å². The summed E-state index contributed by atoms with van der Waals surface area (Å²) >= 11 is 0. The van der Waals surface area contributed by atoms with E-state index in [1.807, 2.05) is 10.6 Å². The second kappa shape index (κ2) is 5.89. The molecule has 2 amide bonds. The predicted molar refractivity (Wildman–Crippen MR) is 54.9 cm³/mol. The molecular formula is C9H15F3N2O4. The summed E-state index contributed by atoms with van der Waals surface area (Å²) in [6.45, 7) is 1.49. The molecule has 2 atom stereocenters. The summed E-state index contributed by atoms with van der Waals surface area (Å²) < 4.78 is 35.8. The number of amides is 2. The maximum atomic E-state index is 11.9. The zero-order valence-corrected chi connectivity index (χ0v) is 9.84. The predicted octanol–water partition coefficient (Wildman–Crippen LogP) is 0.462. The van der Waals surface area contributed by atoms with E-state index in [1.54, 1.807) is 0 Å². The summed E-state index contributed by atoms with van der Waals surface area (Å²) in [6.07, 6.45) is -5.60. The van der Waals surface area contributed by atoms with E-state index in [0.717, 1.165) is 13.8 Å². The summed E-state index contributed by atoms with van der Waals surface area (Å²) in [5, 5.41) is 21.7. The quantitative estimate of drug-likeness (QED) is 0.584. The van der Waals surface area contributed by atoms with Gasteiger partial charge < -0.3 is 20.8 Å². The van der Waals surface area contributed by atoms with Crippen LogP contribution in [0.2, 0.25) is 0 Å². The Balaban J connectivity index is 4.10. The van der Waals surface area contributed by atoms with Gasteiger partial charge in [-0.25, -0.2) is 9.59 Å². The lowest BCUT2D eigenvalue weighted by molar-refractivity contribution is -0.155. The molecule has 0 aliphatic carbocycles. The molecule has 0 spiro atoms. The molecule has 2 unspecified atom stereocenters. The van der Waals surface area contributed by atoms with Crippen molar-refractivity contribution in [3.63, 3.8) is 0 Å². The Labute approximate surface area is 101 Å². The van der Waals surface area contributed by atoms with Crippen LogP contribution in [0.5, 0.6) is 0 Å². The fourth-order valence-electron chi connectivity index (χ4n) is 1.00. The average molecular weight is 272 g/mol. The Morgan fingerprint density at radius 3 is 2.22 bits per heavy atom. The van der Waals surface area contributed by atoms with Crippen LogP contribution in [0.3, 0.4) is 0 Å². The fraction of sp³-hybridized carbons (Fsp3) is 0.778. The van der Waals surface area contributed by atoms with E-state index in [1.165, 1.54) is 0 Å². The number of carbonyl (C=O) groups is 2. The number of hydrogen-bond acceptors (Lipinski definition) is 3. The molecule has 0 saturated carbocycles. The molecule has 9 heteroatoms. The van der Waals surface area contributed by atoms with Gasteiger partial charge in [-0.05, 0) is 13.8 Å². The lowest BCUT2D eigenvalue weighted by atomic mass is 10.1. The molecule has 0 aromatic heterocycles. The Bertz CT molecular complexity index is 317. The zero-order chi connectivity index (χ0) is 14.6. The maximum absolute atomic E-state index is 11.9. The van der Waals surface area contributed by atoms with E-state index in [4.69, 9.17) is 5.11 Å². The van der Waals surface area contributed by atoms with Gasteiger partial charge in [-0.2, -0.15) is 13.2 Å². The molecule has 0 rings (SSSR count). The molecule has 0 bridgehead atoms. The number of carboxylic acids is 1. The fourth-order valence-corrected chi connectivity index (χ4v) is 1.00. The number of halogens is 3. The van der Waals surface area contributed by atoms with Crippen LogP contribution in [0, 0.1) is 0 Å². The van der Waals surface area contributed by atoms with Gasteiger partial charge in [-0.3, -0.25) is 0 Å². The number of aliphatic hydroxyl groups is 1. The average Bonchev–Trinajstić information content (AvgIpc) is 2.11. The van der Waals surface area contributed by atoms with Crippen LogP contribution in [-0.2, 0) is 4.79 Å². The van der Waals surface area contributed by atoms with Gasteiger partial charge in [0.2, 0.25) is 0 Å². The van der Waals surface area contributed by atoms with Crippen LogP contribution < -0.4 is 10.6 Å². The molecule has 0 aromatic carbocycles. The van der Waals surface area contributed by atoms with Gasteiger partial charge in [0, 0.05) is 6.04 Å². The highest BCUT2D eigenvalue weighted by Crippen LogP contribution is 2.21. The highest BCUT2D eigenvalue weighted by atomic mass is 19.4. The summed E-state index contributed by atoms with van der Waals surface area (Å²) in [4.78, 5) is 21.6. The minimum atomic E-state index is -4.40. The first kappa shape index (κ1) is 16.5. The number of carbonyl (C=O) groups excluding carboxylic acids is 1. The molecule has 4 N–H and O–H groups in total. The molecule has 0 fully saturated rings. The molecule has 0 aliphatic rings. The first-order chi connectivity index (χ1) is 7.94. The first-order valence-corrected chi connectivity index (χ1v) is 5.01. The Hall–Kier alpha value is -1.51. The van der Waals surface area contributed by atoms with Gasteiger partial charge >= 0.3 is 18.2 Å². The number of hydrogen-bond donors (Lipinski definition) is 4. The molecule has 106 valence electrons. The summed E-state index contributed by atoms with van der Waals surface area (Å²) in [6, 6.07) is -2.13. The summed E-state index contributed by atoms with van der Waals surface area (Å²) in [7, 11) is 0. The van der Waals surface area contributed by atoms with Crippen molar-refractivity contribution < 1.29 is 33.0 Å². The van der Waals surface area contributed by atoms with Gasteiger partial charge in [0.1, 0.15) is 0 Å². The minimum absolute atomic E-state index is 0.618. The van der Waals surface area contributed by atoms with E-state index in [2.05, 4.69) is 0 Å². The van der Waals surface area contributed by atoms with Crippen molar-refractivity contribution in [1.29, 1.82) is 0 Å². The van der Waals surface area contributed by atoms with Crippen molar-refractivity contribution in [2.24, 2.45) is 0 Å². The SMILES string of the molecule is CC(CC(F)(F)F)NC(=O)NCC(C)(O)C(=O)O. The zero-order valence-electron chi connectivity index (χ0n) is 9.84. The Morgan fingerprint density at radius 2 is 1.83 bits per heavy atom. The smallest absolute Gasteiger partial charge is 0.391 e. The molecule has 0 saturated heterocycles. The van der Waals surface area contributed by atoms with Gasteiger partial charge in [-0.15, -0.1) is 0 Å². The van der Waals surface area contributed by atoms with Crippen LogP contribution in [0.1, 0.15) is 20.3 Å². The molecule has 0 heterocycles. The van der Waals surface area contributed by atoms with Crippen LogP contribution in [0.15, 0.2) is 0 Å². The molecule has 0 aromatic rings. The maximum Gasteiger partial charge on any atom is 0.391 e. The van der Waals surface area contributed by atoms with Crippen molar-refractivity contribution in [2.45, 2.75) is 38.1 Å². The standard InChI is InChI=1S/C9H15F3N2O4/c1-5(3-9(10,11)12)14-7(17)13-4-8(2,18)6(15)16/h5,18H,3-4H2,1-2H3,(H,15,16)(H2,13,14,17). The van der Waals surface area contributed by atoms with Crippen LogP contribution >= 0.6 is 0 Å². The van der Waals surface area contributed by atoms with Crippen LogP contribution in [0.4, 0.5) is 18.0 Å². The number of aliphatic carboxylic acids is 1. The van der Waals surface area contributed by atoms with Crippen molar-refractivity contribution in [1.82, 2.24) is 10.6 Å². The second-order valence-electron chi connectivity index (χ2n) is 4.13. The summed E-state index contributed by atoms with van der Waals surface area (Å²) in [5.74, 6) is -1.55. The molecule has 0 radical (unpaired) electrons. The monoisotopic (exact) mass is 272 g/mol. The van der Waals surface area contributed by atoms with E-state index in [0.29, 0.717) is 0 Å². The van der Waals surface area contributed by atoms with Gasteiger partial charge in [-0.1, -0.05) is 0 Å². The number of nitrogens with one attached hydrogen (secondary N) is 2. The molecular weight excluding hydrogens is 257 g/mol. The molecule has 18 heavy (non-hydrogen) atoms. The van der Waals surface area contributed by atoms with E-state index < -0.39 is 42.8 Å². The lowest BCUT2D eigenvalue weighted by Crippen LogP contribution is -2.50.